The maximum absolute atomic E-state index is 14.9. The summed E-state index contributed by atoms with van der Waals surface area (Å²) in [6.45, 7) is 1.75. The Morgan fingerprint density at radius 1 is 1.07 bits per heavy atom. The molecule has 12 heteroatoms. The number of nitrogens with one attached hydrogen (secondary N) is 1. The number of hydrogen-bond acceptors (Lipinski definition) is 7. The van der Waals surface area contributed by atoms with Crippen molar-refractivity contribution in [1.82, 2.24) is 10.2 Å². The van der Waals surface area contributed by atoms with Gasteiger partial charge in [0.15, 0.2) is 0 Å². The SMILES string of the molecule is Cc1cccc(Cl)c1N1C/C=C\CCC(=O)OC[C@H](c2ccccc2)NC(=O)[C@H]2[C@@H]3O[C@@]4(C=C3Br)[C@@H]2C(=O)N(CCCO)[C@@H]4C1=O. The first-order chi connectivity index (χ1) is 22.2. The van der Waals surface area contributed by atoms with Crippen molar-refractivity contribution in [2.75, 3.05) is 31.2 Å². The van der Waals surface area contributed by atoms with Gasteiger partial charge in [-0.1, -0.05) is 82.1 Å². The normalized spacial score (nSPS) is 30.6. The van der Waals surface area contributed by atoms with Crippen molar-refractivity contribution in [1.29, 1.82) is 0 Å². The molecule has 2 N–H and O–H groups in total. The van der Waals surface area contributed by atoms with Gasteiger partial charge in [-0.15, -0.1) is 0 Å². The van der Waals surface area contributed by atoms with Gasteiger partial charge in [0, 0.05) is 30.6 Å². The number of carbonyl (C=O) groups excluding carboxylic acids is 4. The summed E-state index contributed by atoms with van der Waals surface area (Å²) in [5.41, 5.74) is 0.522. The van der Waals surface area contributed by atoms with Gasteiger partial charge in [-0.2, -0.15) is 0 Å². The molecule has 1 spiro atoms. The Kier molecular flexibility index (Phi) is 9.38. The minimum absolute atomic E-state index is 0.0889. The molecule has 2 aromatic carbocycles. The highest BCUT2D eigenvalue weighted by Crippen LogP contribution is 2.59. The molecule has 242 valence electrons. The number of likely N-dealkylation sites (tertiary alicyclic amines) is 1. The van der Waals surface area contributed by atoms with E-state index in [-0.39, 0.29) is 39.1 Å². The number of carbonyl (C=O) groups is 4. The van der Waals surface area contributed by atoms with Crippen LogP contribution in [0.5, 0.6) is 0 Å². The number of fused-ring (bicyclic) bond motifs is 2. The Labute approximate surface area is 280 Å². The molecule has 2 fully saturated rings. The number of hydrogen-bond donors (Lipinski definition) is 2. The van der Waals surface area contributed by atoms with Crippen LogP contribution in [0, 0.1) is 18.8 Å². The van der Waals surface area contributed by atoms with E-state index in [1.165, 1.54) is 9.80 Å². The second-order valence-corrected chi connectivity index (χ2v) is 13.3. The van der Waals surface area contributed by atoms with Gasteiger partial charge in [0.25, 0.3) is 5.91 Å². The van der Waals surface area contributed by atoms with Crippen molar-refractivity contribution in [2.24, 2.45) is 11.8 Å². The van der Waals surface area contributed by atoms with E-state index in [0.29, 0.717) is 21.6 Å². The molecule has 4 heterocycles. The molecule has 0 aromatic heterocycles. The van der Waals surface area contributed by atoms with Crippen molar-refractivity contribution >= 4 is 56.9 Å². The summed E-state index contributed by atoms with van der Waals surface area (Å²) in [5.74, 6) is -3.71. The average Bonchev–Trinajstić information content (AvgIpc) is 3.63. The van der Waals surface area contributed by atoms with E-state index in [1.807, 2.05) is 43.3 Å². The van der Waals surface area contributed by atoms with Crippen LogP contribution in [0.1, 0.15) is 36.4 Å². The highest BCUT2D eigenvalue weighted by molar-refractivity contribution is 9.11. The van der Waals surface area contributed by atoms with Crippen LogP contribution in [0.25, 0.3) is 0 Å². The molecule has 0 aliphatic carbocycles. The molecule has 10 nitrogen and oxygen atoms in total. The molecule has 4 aliphatic rings. The highest BCUT2D eigenvalue weighted by atomic mass is 79.9. The number of aliphatic hydroxyl groups is 1. The predicted molar refractivity (Wildman–Crippen MR) is 174 cm³/mol. The number of anilines is 1. The van der Waals surface area contributed by atoms with Crippen molar-refractivity contribution in [3.05, 3.63) is 87.4 Å². The number of benzene rings is 2. The van der Waals surface area contributed by atoms with Crippen LogP contribution in [-0.4, -0.2) is 77.7 Å². The molecule has 3 amide bonds. The van der Waals surface area contributed by atoms with Gasteiger partial charge >= 0.3 is 5.97 Å². The molecule has 0 radical (unpaired) electrons. The highest BCUT2D eigenvalue weighted by Gasteiger charge is 2.74. The van der Waals surface area contributed by atoms with Gasteiger partial charge < -0.3 is 29.7 Å². The van der Waals surface area contributed by atoms with Gasteiger partial charge in [-0.05, 0) is 43.0 Å². The lowest BCUT2D eigenvalue weighted by Gasteiger charge is -2.36. The number of ether oxygens (including phenoxy) is 2. The van der Waals surface area contributed by atoms with Crippen LogP contribution < -0.4 is 10.2 Å². The maximum atomic E-state index is 14.9. The lowest BCUT2D eigenvalue weighted by atomic mass is 9.74. The standard InChI is InChI=1S/C34H35BrClN3O7/c1-20-10-8-13-23(36)28(20)38-15-7-3-6-14-25(41)45-19-24(21-11-4-2-5-12-21)37-31(42)26-27-32(43)39(16-9-17-40)30(33(38)44)34(27)18-22(35)29(26)46-34/h2-5,7-8,10-13,18,24,26-27,29-30,40H,6,9,14-17,19H2,1H3,(H,37,42)/b7-3-/t24-,26-,27+,29-,30-,34+/m1/s1. The first-order valence-electron chi connectivity index (χ1n) is 15.4. The number of aryl methyl sites for hydroxylation is 1. The predicted octanol–water partition coefficient (Wildman–Crippen LogP) is 3.99. The van der Waals surface area contributed by atoms with Gasteiger partial charge in [0.2, 0.25) is 11.8 Å². The summed E-state index contributed by atoms with van der Waals surface area (Å²) >= 11 is 10.3. The molecular formula is C34H35BrClN3O7. The van der Waals surface area contributed by atoms with E-state index in [4.69, 9.17) is 21.1 Å². The minimum Gasteiger partial charge on any atom is -0.463 e. The number of rotatable bonds is 5. The first-order valence-corrected chi connectivity index (χ1v) is 16.5. The van der Waals surface area contributed by atoms with Gasteiger partial charge in [0.1, 0.15) is 24.4 Å². The van der Waals surface area contributed by atoms with Crippen molar-refractivity contribution in [3.8, 4) is 0 Å². The van der Waals surface area contributed by atoms with Crippen LogP contribution in [0.2, 0.25) is 5.02 Å². The summed E-state index contributed by atoms with van der Waals surface area (Å²) in [7, 11) is 0. The zero-order chi connectivity index (χ0) is 32.6. The minimum atomic E-state index is -1.45. The van der Waals surface area contributed by atoms with Crippen LogP contribution in [0.15, 0.2) is 71.2 Å². The number of para-hydroxylation sites is 1. The van der Waals surface area contributed by atoms with Crippen LogP contribution in [0.3, 0.4) is 0 Å². The topological polar surface area (TPSA) is 125 Å². The van der Waals surface area contributed by atoms with E-state index in [1.54, 1.807) is 30.4 Å². The number of amides is 3. The monoisotopic (exact) mass is 711 g/mol. The molecule has 6 atom stereocenters. The Morgan fingerprint density at radius 3 is 2.59 bits per heavy atom. The number of halogens is 2. The largest absolute Gasteiger partial charge is 0.463 e. The fourth-order valence-corrected chi connectivity index (χ4v) is 8.16. The van der Waals surface area contributed by atoms with Crippen LogP contribution in [0.4, 0.5) is 5.69 Å². The number of aliphatic hydroxyl groups excluding tert-OH is 1. The van der Waals surface area contributed by atoms with Crippen molar-refractivity contribution < 1.29 is 33.8 Å². The van der Waals surface area contributed by atoms with E-state index in [2.05, 4.69) is 21.2 Å². The number of allylic oxidation sites excluding steroid dienone is 1. The van der Waals surface area contributed by atoms with Gasteiger partial charge in [-0.25, -0.2) is 0 Å². The van der Waals surface area contributed by atoms with E-state index >= 15 is 0 Å². The molecule has 2 aromatic rings. The summed E-state index contributed by atoms with van der Waals surface area (Å²) in [6, 6.07) is 12.7. The second kappa shape index (κ2) is 13.3. The molecule has 0 unspecified atom stereocenters. The second-order valence-electron chi connectivity index (χ2n) is 12.0. The summed E-state index contributed by atoms with van der Waals surface area (Å²) in [6.07, 6.45) is 5.24. The Balaban J connectivity index is 1.47. The smallest absolute Gasteiger partial charge is 0.306 e. The lowest BCUT2D eigenvalue weighted by molar-refractivity contribution is -0.145. The van der Waals surface area contributed by atoms with Crippen LogP contribution >= 0.6 is 27.5 Å². The van der Waals surface area contributed by atoms with Crippen molar-refractivity contribution in [3.63, 3.8) is 0 Å². The van der Waals surface area contributed by atoms with E-state index in [0.717, 1.165) is 11.1 Å². The maximum Gasteiger partial charge on any atom is 0.306 e. The van der Waals surface area contributed by atoms with E-state index < -0.39 is 59.3 Å². The fourth-order valence-electron chi connectivity index (χ4n) is 7.10. The zero-order valence-electron chi connectivity index (χ0n) is 25.2. The summed E-state index contributed by atoms with van der Waals surface area (Å²) in [5, 5.41) is 13.1. The first kappa shape index (κ1) is 32.4. The number of esters is 1. The van der Waals surface area contributed by atoms with Gasteiger partial charge in [0.05, 0.1) is 28.6 Å². The molecule has 4 aliphatic heterocycles. The Morgan fingerprint density at radius 2 is 1.85 bits per heavy atom. The third-order valence-corrected chi connectivity index (χ3v) is 10.1. The van der Waals surface area contributed by atoms with Gasteiger partial charge in [-0.3, -0.25) is 19.2 Å². The third kappa shape index (κ3) is 5.67. The molecule has 6 rings (SSSR count). The summed E-state index contributed by atoms with van der Waals surface area (Å²) < 4.78 is 12.8. The Hall–Kier alpha value is -3.51. The molecular weight excluding hydrogens is 678 g/mol. The third-order valence-electron chi connectivity index (χ3n) is 9.14. The lowest BCUT2D eigenvalue weighted by Crippen LogP contribution is -2.56. The number of nitrogens with zero attached hydrogens (tertiary/aromatic N) is 2. The quantitative estimate of drug-likeness (QED) is 0.355. The van der Waals surface area contributed by atoms with Crippen molar-refractivity contribution in [2.45, 2.75) is 50.0 Å². The number of cyclic esters (lactones) is 1. The van der Waals surface area contributed by atoms with E-state index in [9.17, 15) is 24.3 Å². The molecule has 46 heavy (non-hydrogen) atoms. The van der Waals surface area contributed by atoms with Crippen LogP contribution in [-0.2, 0) is 28.7 Å². The average molecular weight is 713 g/mol. The Bertz CT molecular complexity index is 1580. The fraction of sp³-hybridized carbons (Fsp3) is 0.412. The summed E-state index contributed by atoms with van der Waals surface area (Å²) in [4.78, 5) is 59.2. The zero-order valence-corrected chi connectivity index (χ0v) is 27.6. The molecule has 0 saturated carbocycles. The molecule has 2 saturated heterocycles. The molecule has 5 bridgehead atoms.